The first-order valence-corrected chi connectivity index (χ1v) is 13.8. The maximum absolute atomic E-state index is 14.3. The monoisotopic (exact) mass is 574 g/mol. The molecule has 0 fully saturated rings. The third kappa shape index (κ3) is 5.03. The molecule has 0 saturated carbocycles. The maximum atomic E-state index is 14.3. The van der Waals surface area contributed by atoms with E-state index in [0.29, 0.717) is 28.4 Å². The van der Waals surface area contributed by atoms with Gasteiger partial charge in [0.1, 0.15) is 17.2 Å². The lowest BCUT2D eigenvalue weighted by molar-refractivity contribution is 0.0707. The number of ether oxygens (including phenoxy) is 2. The average Bonchev–Trinajstić information content (AvgIpc) is 3.35. The Balaban J connectivity index is 1.84. The summed E-state index contributed by atoms with van der Waals surface area (Å²) in [5.74, 6) is 0.0406. The van der Waals surface area contributed by atoms with Gasteiger partial charge in [0.25, 0.3) is 15.9 Å². The molecule has 5 rings (SSSR count). The van der Waals surface area contributed by atoms with E-state index in [1.807, 2.05) is 0 Å². The Morgan fingerprint density at radius 1 is 1.02 bits per heavy atom. The van der Waals surface area contributed by atoms with Crippen molar-refractivity contribution >= 4 is 32.7 Å². The van der Waals surface area contributed by atoms with Crippen LogP contribution in [0.15, 0.2) is 84.1 Å². The molecule has 3 aromatic heterocycles. The number of amides is 1. The highest BCUT2D eigenvalue weighted by molar-refractivity contribution is 7.92. The minimum Gasteiger partial charge on any atom is -0.497 e. The summed E-state index contributed by atoms with van der Waals surface area (Å²) < 4.78 is 42.0. The van der Waals surface area contributed by atoms with E-state index in [2.05, 4.69) is 15.1 Å². The third-order valence-electron chi connectivity index (χ3n) is 6.45. The molecule has 0 aliphatic rings. The SMILES string of the molecule is COc1ccc(S(=O)(=O)N(Cc2cccnc2)c2c(C(=O)NO)cnc3c2c(C)nn3-c2ccccc2OC)cc1. The molecular formula is C28H26N6O6S. The van der Waals surface area contributed by atoms with Crippen LogP contribution >= 0.6 is 0 Å². The van der Waals surface area contributed by atoms with E-state index < -0.39 is 15.9 Å². The highest BCUT2D eigenvalue weighted by Gasteiger charge is 2.33. The molecule has 210 valence electrons. The van der Waals surface area contributed by atoms with Gasteiger partial charge in [-0.1, -0.05) is 18.2 Å². The minimum absolute atomic E-state index is 0.0140. The molecule has 2 N–H and O–H groups in total. The summed E-state index contributed by atoms with van der Waals surface area (Å²) >= 11 is 0. The summed E-state index contributed by atoms with van der Waals surface area (Å²) in [5.41, 5.74) is 3.20. The summed E-state index contributed by atoms with van der Waals surface area (Å²) in [6, 6.07) is 16.4. The van der Waals surface area contributed by atoms with Crippen LogP contribution in [0.5, 0.6) is 11.5 Å². The quantitative estimate of drug-likeness (QED) is 0.199. The number of anilines is 1. The van der Waals surface area contributed by atoms with Crippen LogP contribution < -0.4 is 19.3 Å². The first-order chi connectivity index (χ1) is 19.8. The summed E-state index contributed by atoms with van der Waals surface area (Å²) in [6.07, 6.45) is 4.31. The van der Waals surface area contributed by atoms with E-state index >= 15 is 0 Å². The number of aryl methyl sites for hydroxylation is 1. The smallest absolute Gasteiger partial charge is 0.278 e. The molecule has 0 unspecified atom stereocenters. The van der Waals surface area contributed by atoms with Crippen LogP contribution in [0, 0.1) is 6.92 Å². The number of hydrogen-bond donors (Lipinski definition) is 2. The van der Waals surface area contributed by atoms with Crippen LogP contribution in [0.1, 0.15) is 21.6 Å². The number of aromatic nitrogens is 4. The Labute approximate surface area is 235 Å². The second-order valence-electron chi connectivity index (χ2n) is 8.88. The van der Waals surface area contributed by atoms with Gasteiger partial charge in [0.05, 0.1) is 48.0 Å². The molecule has 12 nitrogen and oxygen atoms in total. The van der Waals surface area contributed by atoms with Gasteiger partial charge in [-0.15, -0.1) is 0 Å². The van der Waals surface area contributed by atoms with E-state index in [1.165, 1.54) is 55.6 Å². The predicted molar refractivity (Wildman–Crippen MR) is 150 cm³/mol. The fraction of sp³-hybridized carbons (Fsp3) is 0.143. The highest BCUT2D eigenvalue weighted by atomic mass is 32.2. The molecule has 3 heterocycles. The molecule has 5 aromatic rings. The second-order valence-corrected chi connectivity index (χ2v) is 10.7. The number of rotatable bonds is 9. The van der Waals surface area contributed by atoms with E-state index in [4.69, 9.17) is 9.47 Å². The first kappa shape index (κ1) is 27.6. The number of pyridine rings is 2. The molecule has 0 aliphatic heterocycles. The van der Waals surface area contributed by atoms with Gasteiger partial charge >= 0.3 is 0 Å². The number of carbonyl (C=O) groups excluding carboxylic acids is 1. The lowest BCUT2D eigenvalue weighted by Gasteiger charge is -2.27. The molecule has 2 aromatic carbocycles. The number of hydrogen-bond acceptors (Lipinski definition) is 9. The molecular weight excluding hydrogens is 548 g/mol. The van der Waals surface area contributed by atoms with Gasteiger partial charge in [0, 0.05) is 18.6 Å². The molecule has 0 bridgehead atoms. The number of nitrogens with one attached hydrogen (secondary N) is 1. The molecule has 41 heavy (non-hydrogen) atoms. The summed E-state index contributed by atoms with van der Waals surface area (Å²) in [5, 5.41) is 14.5. The zero-order valence-electron chi connectivity index (χ0n) is 22.3. The van der Waals surface area contributed by atoms with Crippen LogP contribution in [0.25, 0.3) is 16.7 Å². The number of fused-ring (bicyclic) bond motifs is 1. The van der Waals surface area contributed by atoms with E-state index in [-0.39, 0.29) is 33.7 Å². The Kier molecular flexibility index (Phi) is 7.55. The zero-order valence-corrected chi connectivity index (χ0v) is 23.2. The Morgan fingerprint density at radius 3 is 2.44 bits per heavy atom. The van der Waals surface area contributed by atoms with Crippen molar-refractivity contribution < 1.29 is 27.9 Å². The fourth-order valence-corrected chi connectivity index (χ4v) is 5.99. The summed E-state index contributed by atoms with van der Waals surface area (Å²) in [7, 11) is -1.31. The van der Waals surface area contributed by atoms with Crippen LogP contribution in [-0.4, -0.2) is 53.5 Å². The number of para-hydroxylation sites is 2. The van der Waals surface area contributed by atoms with Gasteiger partial charge < -0.3 is 9.47 Å². The molecule has 0 aliphatic carbocycles. The Morgan fingerprint density at radius 2 is 1.78 bits per heavy atom. The normalized spacial score (nSPS) is 11.3. The first-order valence-electron chi connectivity index (χ1n) is 12.3. The molecule has 0 atom stereocenters. The van der Waals surface area contributed by atoms with Crippen molar-refractivity contribution in [2.45, 2.75) is 18.4 Å². The zero-order chi connectivity index (χ0) is 29.1. The minimum atomic E-state index is -4.32. The van der Waals surface area contributed by atoms with Crippen LogP contribution in [0.4, 0.5) is 5.69 Å². The number of sulfonamides is 1. The third-order valence-corrected chi connectivity index (χ3v) is 8.21. The van der Waals surface area contributed by atoms with Crippen molar-refractivity contribution in [3.8, 4) is 17.2 Å². The lowest BCUT2D eigenvalue weighted by Crippen LogP contribution is -2.33. The Hall–Kier alpha value is -5.01. The second kappa shape index (κ2) is 11.2. The lowest BCUT2D eigenvalue weighted by atomic mass is 10.1. The van der Waals surface area contributed by atoms with Crippen LogP contribution in [0.3, 0.4) is 0 Å². The van der Waals surface area contributed by atoms with Gasteiger partial charge in [-0.3, -0.25) is 19.3 Å². The number of benzene rings is 2. The van der Waals surface area contributed by atoms with Gasteiger partial charge in [0.2, 0.25) is 0 Å². The summed E-state index contributed by atoms with van der Waals surface area (Å²) in [4.78, 5) is 21.5. The number of nitrogens with zero attached hydrogens (tertiary/aromatic N) is 5. The molecule has 13 heteroatoms. The fourth-order valence-electron chi connectivity index (χ4n) is 4.51. The average molecular weight is 575 g/mol. The number of carbonyl (C=O) groups is 1. The van der Waals surface area contributed by atoms with E-state index in [0.717, 1.165) is 4.31 Å². The van der Waals surface area contributed by atoms with E-state index in [1.54, 1.807) is 55.0 Å². The number of hydroxylamine groups is 1. The van der Waals surface area contributed by atoms with Crippen LogP contribution in [-0.2, 0) is 16.6 Å². The molecule has 0 radical (unpaired) electrons. The largest absolute Gasteiger partial charge is 0.497 e. The maximum Gasteiger partial charge on any atom is 0.278 e. The topological polar surface area (TPSA) is 149 Å². The van der Waals surface area contributed by atoms with Gasteiger partial charge in [-0.05, 0) is 55.0 Å². The van der Waals surface area contributed by atoms with Crippen LogP contribution in [0.2, 0.25) is 0 Å². The Bertz CT molecular complexity index is 1820. The van der Waals surface area contributed by atoms with Crippen molar-refractivity contribution in [1.29, 1.82) is 0 Å². The van der Waals surface area contributed by atoms with Crippen molar-refractivity contribution in [3.05, 3.63) is 96.1 Å². The van der Waals surface area contributed by atoms with Crippen molar-refractivity contribution in [3.63, 3.8) is 0 Å². The highest BCUT2D eigenvalue weighted by Crippen LogP contribution is 2.38. The van der Waals surface area contributed by atoms with E-state index in [9.17, 15) is 18.4 Å². The molecule has 0 saturated heterocycles. The van der Waals surface area contributed by atoms with Crippen molar-refractivity contribution in [2.24, 2.45) is 0 Å². The standard InChI is InChI=1S/C28H26N6O6S/c1-18-25-26(22(28(35)32-36)16-30-27(25)34(31-18)23-8-4-5-9-24(23)40-3)33(17-19-7-6-14-29-15-19)41(37,38)21-12-10-20(39-2)11-13-21/h4-16,36H,17H2,1-3H3,(H,32,35). The van der Waals surface area contributed by atoms with Crippen molar-refractivity contribution in [2.75, 3.05) is 18.5 Å². The predicted octanol–water partition coefficient (Wildman–Crippen LogP) is 3.66. The van der Waals surface area contributed by atoms with Crippen molar-refractivity contribution in [1.82, 2.24) is 25.2 Å². The van der Waals surface area contributed by atoms with Gasteiger partial charge in [0.15, 0.2) is 5.65 Å². The molecule has 1 amide bonds. The number of methoxy groups -OCH3 is 2. The van der Waals surface area contributed by atoms with Gasteiger partial charge in [-0.25, -0.2) is 23.6 Å². The summed E-state index contributed by atoms with van der Waals surface area (Å²) in [6.45, 7) is 1.49. The molecule has 0 spiro atoms. The van der Waals surface area contributed by atoms with Gasteiger partial charge in [-0.2, -0.15) is 5.10 Å².